The molecule has 0 aliphatic carbocycles. The summed E-state index contributed by atoms with van der Waals surface area (Å²) in [5.41, 5.74) is 1.75. The zero-order valence-electron chi connectivity index (χ0n) is 19.1. The van der Waals surface area contributed by atoms with Crippen LogP contribution in [0.3, 0.4) is 0 Å². The molecule has 0 unspecified atom stereocenters. The summed E-state index contributed by atoms with van der Waals surface area (Å²) in [7, 11) is 0. The average Bonchev–Trinajstić information content (AvgIpc) is 3.36. The number of hydrogen-bond donors (Lipinski definition) is 3. The molecule has 34 heavy (non-hydrogen) atoms. The second-order valence-electron chi connectivity index (χ2n) is 7.12. The van der Waals surface area contributed by atoms with E-state index < -0.39 is 17.7 Å². The molecule has 3 amide bonds. The Bertz CT molecular complexity index is 1130. The summed E-state index contributed by atoms with van der Waals surface area (Å²) in [5.74, 6) is -0.524. The second kappa shape index (κ2) is 12.1. The van der Waals surface area contributed by atoms with Gasteiger partial charge in [-0.3, -0.25) is 14.4 Å². The predicted molar refractivity (Wildman–Crippen MR) is 127 cm³/mol. The third-order valence-electron chi connectivity index (χ3n) is 4.64. The molecule has 0 radical (unpaired) electrons. The van der Waals surface area contributed by atoms with Crippen LogP contribution in [-0.4, -0.2) is 37.5 Å². The minimum atomic E-state index is -0.809. The molecule has 9 heteroatoms. The molecule has 0 spiro atoms. The van der Waals surface area contributed by atoms with E-state index in [-0.39, 0.29) is 12.3 Å². The molecule has 9 nitrogen and oxygen atoms in total. The first-order valence-electron chi connectivity index (χ1n) is 10.9. The van der Waals surface area contributed by atoms with Crippen molar-refractivity contribution < 1.29 is 28.3 Å². The Hall–Kier alpha value is -4.27. The topological polar surface area (TPSA) is 119 Å². The van der Waals surface area contributed by atoms with Crippen LogP contribution in [-0.2, 0) is 16.0 Å². The average molecular weight is 466 g/mol. The Balaban J connectivity index is 1.50. The lowest BCUT2D eigenvalue weighted by Gasteiger charge is -2.12. The molecule has 1 heterocycles. The molecule has 1 aromatic heterocycles. The van der Waals surface area contributed by atoms with Crippen LogP contribution in [0.1, 0.15) is 30.0 Å². The molecular weight excluding hydrogens is 438 g/mol. The molecule has 2 aromatic carbocycles. The largest absolute Gasteiger partial charge is 0.490 e. The zero-order chi connectivity index (χ0) is 24.3. The number of carbonyl (C=O) groups excluding carboxylic acids is 3. The highest BCUT2D eigenvalue weighted by molar-refractivity contribution is 6.39. The van der Waals surface area contributed by atoms with Gasteiger partial charge in [0.05, 0.1) is 19.5 Å². The van der Waals surface area contributed by atoms with Gasteiger partial charge in [-0.05, 0) is 68.3 Å². The summed E-state index contributed by atoms with van der Waals surface area (Å²) in [5, 5.41) is 7.79. The predicted octanol–water partition coefficient (Wildman–Crippen LogP) is 3.63. The van der Waals surface area contributed by atoms with Crippen molar-refractivity contribution in [2.45, 2.75) is 20.3 Å². The van der Waals surface area contributed by atoms with Crippen LogP contribution in [0.25, 0.3) is 0 Å². The first-order chi connectivity index (χ1) is 16.5. The maximum Gasteiger partial charge on any atom is 0.313 e. The van der Waals surface area contributed by atoms with Gasteiger partial charge in [-0.1, -0.05) is 12.1 Å². The standard InChI is InChI=1S/C25H27N3O6/c1-3-32-20-11-10-17(15-22(20)33-4-2)12-13-26-24(30)25(31)28-19-8-5-7-18(16-19)27-23(29)21-9-6-14-34-21/h5-11,14-16H,3-4,12-13H2,1-2H3,(H,26,30)(H,27,29)(H,28,31). The number of benzene rings is 2. The van der Waals surface area contributed by atoms with E-state index in [4.69, 9.17) is 13.9 Å². The molecular formula is C25H27N3O6. The van der Waals surface area contributed by atoms with Gasteiger partial charge in [0.15, 0.2) is 17.3 Å². The number of amides is 3. The first kappa shape index (κ1) is 24.4. The van der Waals surface area contributed by atoms with Crippen LogP contribution in [0.5, 0.6) is 11.5 Å². The molecule has 0 saturated heterocycles. The molecule has 0 fully saturated rings. The number of carbonyl (C=O) groups is 3. The van der Waals surface area contributed by atoms with Crippen molar-refractivity contribution in [2.75, 3.05) is 30.4 Å². The van der Waals surface area contributed by atoms with Gasteiger partial charge in [-0.25, -0.2) is 0 Å². The van der Waals surface area contributed by atoms with E-state index in [1.807, 2.05) is 32.0 Å². The Kier molecular flexibility index (Phi) is 8.67. The first-order valence-corrected chi connectivity index (χ1v) is 10.9. The molecule has 0 atom stereocenters. The lowest BCUT2D eigenvalue weighted by molar-refractivity contribution is -0.136. The van der Waals surface area contributed by atoms with Crippen LogP contribution in [0.15, 0.2) is 65.3 Å². The molecule has 3 N–H and O–H groups in total. The number of hydrogen-bond acceptors (Lipinski definition) is 6. The van der Waals surface area contributed by atoms with Crippen molar-refractivity contribution in [3.8, 4) is 11.5 Å². The van der Waals surface area contributed by atoms with E-state index in [0.29, 0.717) is 42.5 Å². The Morgan fingerprint density at radius 3 is 2.26 bits per heavy atom. The lowest BCUT2D eigenvalue weighted by atomic mass is 10.1. The van der Waals surface area contributed by atoms with E-state index in [0.717, 1.165) is 5.56 Å². The normalized spacial score (nSPS) is 10.3. The van der Waals surface area contributed by atoms with E-state index in [1.54, 1.807) is 30.3 Å². The molecule has 0 aliphatic rings. The maximum atomic E-state index is 12.3. The molecule has 178 valence electrons. The van der Waals surface area contributed by atoms with Crippen LogP contribution >= 0.6 is 0 Å². The van der Waals surface area contributed by atoms with Crippen molar-refractivity contribution in [1.29, 1.82) is 0 Å². The summed E-state index contributed by atoms with van der Waals surface area (Å²) in [6.07, 6.45) is 1.91. The minimum Gasteiger partial charge on any atom is -0.490 e. The van der Waals surface area contributed by atoms with Gasteiger partial charge in [0.2, 0.25) is 0 Å². The van der Waals surface area contributed by atoms with Gasteiger partial charge < -0.3 is 29.8 Å². The SMILES string of the molecule is CCOc1ccc(CCNC(=O)C(=O)Nc2cccc(NC(=O)c3ccco3)c2)cc1OCC. The van der Waals surface area contributed by atoms with Gasteiger partial charge in [-0.2, -0.15) is 0 Å². The van der Waals surface area contributed by atoms with Crippen molar-refractivity contribution in [3.63, 3.8) is 0 Å². The molecule has 3 rings (SSSR count). The monoisotopic (exact) mass is 465 g/mol. The lowest BCUT2D eigenvalue weighted by Crippen LogP contribution is -2.36. The summed E-state index contributed by atoms with van der Waals surface area (Å²) >= 11 is 0. The van der Waals surface area contributed by atoms with Crippen molar-refractivity contribution in [2.24, 2.45) is 0 Å². The number of anilines is 2. The summed E-state index contributed by atoms with van der Waals surface area (Å²) in [4.78, 5) is 36.6. The van der Waals surface area contributed by atoms with Crippen molar-refractivity contribution in [1.82, 2.24) is 5.32 Å². The Morgan fingerprint density at radius 2 is 1.56 bits per heavy atom. The molecule has 0 saturated carbocycles. The quantitative estimate of drug-likeness (QED) is 0.394. The van der Waals surface area contributed by atoms with Crippen LogP contribution in [0.2, 0.25) is 0 Å². The van der Waals surface area contributed by atoms with Crippen molar-refractivity contribution in [3.05, 3.63) is 72.2 Å². The highest BCUT2D eigenvalue weighted by Crippen LogP contribution is 2.28. The van der Waals surface area contributed by atoms with Crippen LogP contribution in [0, 0.1) is 0 Å². The molecule has 0 aliphatic heterocycles. The van der Waals surface area contributed by atoms with E-state index in [2.05, 4.69) is 16.0 Å². The highest BCUT2D eigenvalue weighted by atomic mass is 16.5. The van der Waals surface area contributed by atoms with Gasteiger partial charge in [0.1, 0.15) is 0 Å². The zero-order valence-corrected chi connectivity index (χ0v) is 19.1. The molecule has 3 aromatic rings. The highest BCUT2D eigenvalue weighted by Gasteiger charge is 2.15. The van der Waals surface area contributed by atoms with Crippen molar-refractivity contribution >= 4 is 29.1 Å². The fraction of sp³-hybridized carbons (Fsp3) is 0.240. The van der Waals surface area contributed by atoms with Gasteiger partial charge in [0, 0.05) is 17.9 Å². The van der Waals surface area contributed by atoms with E-state index in [1.165, 1.54) is 12.3 Å². The maximum absolute atomic E-state index is 12.3. The van der Waals surface area contributed by atoms with Crippen LogP contribution in [0.4, 0.5) is 11.4 Å². The van der Waals surface area contributed by atoms with E-state index in [9.17, 15) is 14.4 Å². The number of furan rings is 1. The minimum absolute atomic E-state index is 0.162. The number of ether oxygens (including phenoxy) is 2. The smallest absolute Gasteiger partial charge is 0.313 e. The van der Waals surface area contributed by atoms with Gasteiger partial charge >= 0.3 is 11.8 Å². The van der Waals surface area contributed by atoms with Gasteiger partial charge in [-0.15, -0.1) is 0 Å². The van der Waals surface area contributed by atoms with Gasteiger partial charge in [0.25, 0.3) is 5.91 Å². The Morgan fingerprint density at radius 1 is 0.824 bits per heavy atom. The summed E-state index contributed by atoms with van der Waals surface area (Å²) in [6.45, 7) is 5.10. The summed E-state index contributed by atoms with van der Waals surface area (Å²) in [6, 6.07) is 15.2. The second-order valence-corrected chi connectivity index (χ2v) is 7.12. The number of rotatable bonds is 10. The third kappa shape index (κ3) is 6.86. The van der Waals surface area contributed by atoms with Crippen LogP contribution < -0.4 is 25.4 Å². The fourth-order valence-corrected chi connectivity index (χ4v) is 3.11. The molecule has 0 bridgehead atoms. The third-order valence-corrected chi connectivity index (χ3v) is 4.64. The number of nitrogens with one attached hydrogen (secondary N) is 3. The summed E-state index contributed by atoms with van der Waals surface area (Å²) < 4.78 is 16.2. The fourth-order valence-electron chi connectivity index (χ4n) is 3.11. The Labute approximate surface area is 197 Å². The van der Waals surface area contributed by atoms with E-state index >= 15 is 0 Å².